The van der Waals surface area contributed by atoms with E-state index in [0.717, 1.165) is 22.6 Å². The normalized spacial score (nSPS) is 13.8. The topological polar surface area (TPSA) is 60.5 Å². The summed E-state index contributed by atoms with van der Waals surface area (Å²) < 4.78 is 1.21. The van der Waals surface area contributed by atoms with Gasteiger partial charge < -0.3 is 4.90 Å². The van der Waals surface area contributed by atoms with E-state index < -0.39 is 0 Å². The number of rotatable bonds is 5. The van der Waals surface area contributed by atoms with Gasteiger partial charge in [0.2, 0.25) is 0 Å². The van der Waals surface area contributed by atoms with E-state index in [-0.39, 0.29) is 16.7 Å². The Morgan fingerprint density at radius 3 is 2.57 bits per heavy atom. The van der Waals surface area contributed by atoms with Gasteiger partial charge in [-0.3, -0.25) is 10.1 Å². The predicted molar refractivity (Wildman–Crippen MR) is 91.7 cm³/mol. The Hall–Kier alpha value is -2.31. The highest BCUT2D eigenvalue weighted by Gasteiger charge is 2.20. The Kier molecular flexibility index (Phi) is 4.36. The smallest absolute Gasteiger partial charge is 0.269 e. The van der Waals surface area contributed by atoms with E-state index in [9.17, 15) is 10.1 Å². The van der Waals surface area contributed by atoms with Gasteiger partial charge >= 0.3 is 0 Å². The van der Waals surface area contributed by atoms with Crippen LogP contribution in [0, 0.1) is 10.1 Å². The first-order chi connectivity index (χ1) is 11.0. The number of hydrogen-bond donors (Lipinski definition) is 1. The van der Waals surface area contributed by atoms with Gasteiger partial charge in [-0.2, -0.15) is 0 Å². The van der Waals surface area contributed by atoms with Gasteiger partial charge in [0.1, 0.15) is 12.6 Å². The number of nitro groups is 1. The highest BCUT2D eigenvalue weighted by Crippen LogP contribution is 2.24. The maximum atomic E-state index is 10.7. The average Bonchev–Trinajstić information content (AvgIpc) is 2.98. The third kappa shape index (κ3) is 3.38. The molecule has 0 saturated carbocycles. The van der Waals surface area contributed by atoms with Crippen molar-refractivity contribution in [1.29, 1.82) is 0 Å². The van der Waals surface area contributed by atoms with E-state index in [4.69, 9.17) is 4.98 Å². The van der Waals surface area contributed by atoms with Gasteiger partial charge in [0.15, 0.2) is 5.01 Å². The molecule has 3 rings (SSSR count). The lowest BCUT2D eigenvalue weighted by atomic mass is 10.2. The van der Waals surface area contributed by atoms with Gasteiger partial charge in [0, 0.05) is 17.7 Å². The number of thiazole rings is 1. The second-order valence-electron chi connectivity index (χ2n) is 5.69. The Bertz CT molecular complexity index is 796. The fraction of sp³-hybridized carbons (Fsp3) is 0.235. The van der Waals surface area contributed by atoms with Gasteiger partial charge in [0.25, 0.3) is 5.69 Å². The molecule has 3 aromatic rings. The Balaban J connectivity index is 1.73. The molecule has 0 spiro atoms. The number of non-ortho nitro benzene ring substituents is 1. The first-order valence-electron chi connectivity index (χ1n) is 7.45. The maximum Gasteiger partial charge on any atom is 0.269 e. The third-order valence-corrected chi connectivity index (χ3v) is 5.27. The van der Waals surface area contributed by atoms with Crippen molar-refractivity contribution in [3.63, 3.8) is 0 Å². The minimum atomic E-state index is -0.371. The molecule has 2 aromatic carbocycles. The third-order valence-electron chi connectivity index (χ3n) is 4.05. The van der Waals surface area contributed by atoms with Gasteiger partial charge in [0.05, 0.1) is 22.2 Å². The zero-order chi connectivity index (χ0) is 16.4. The molecule has 1 N–H and O–H groups in total. The second-order valence-corrected chi connectivity index (χ2v) is 6.75. The molecule has 0 fully saturated rings. The molecule has 23 heavy (non-hydrogen) atoms. The van der Waals surface area contributed by atoms with Crippen LogP contribution in [-0.4, -0.2) is 17.0 Å². The number of fused-ring (bicyclic) bond motifs is 1. The fourth-order valence-corrected chi connectivity index (χ4v) is 3.61. The quantitative estimate of drug-likeness (QED) is 0.578. The molecule has 1 aromatic heterocycles. The van der Waals surface area contributed by atoms with E-state index in [1.165, 1.54) is 9.60 Å². The summed E-state index contributed by atoms with van der Waals surface area (Å²) >= 11 is 1.73. The van der Waals surface area contributed by atoms with Crippen LogP contribution in [0.3, 0.4) is 0 Å². The molecule has 5 nitrogen and oxygen atoms in total. The van der Waals surface area contributed by atoms with Gasteiger partial charge in [-0.25, -0.2) is 4.98 Å². The zero-order valence-corrected chi connectivity index (χ0v) is 13.8. The number of benzene rings is 2. The lowest BCUT2D eigenvalue weighted by Gasteiger charge is -2.19. The summed E-state index contributed by atoms with van der Waals surface area (Å²) in [7, 11) is 2.12. The van der Waals surface area contributed by atoms with E-state index in [1.807, 2.05) is 30.3 Å². The standard InChI is InChI=1S/C17H17N3O2S/c1-12(17-18-15-5-3-4-6-16(15)23-17)19(2)11-13-7-9-14(10-8-13)20(21)22/h3-10,12H,11H2,1-2H3/p+1/t12-/m0/s1. The first-order valence-corrected chi connectivity index (χ1v) is 8.27. The summed E-state index contributed by atoms with van der Waals surface area (Å²) in [6.07, 6.45) is 0. The van der Waals surface area contributed by atoms with Crippen molar-refractivity contribution >= 4 is 27.2 Å². The molecule has 6 heteroatoms. The molecule has 2 atom stereocenters. The molecule has 1 unspecified atom stereocenters. The van der Waals surface area contributed by atoms with Crippen LogP contribution in [0.4, 0.5) is 5.69 Å². The average molecular weight is 328 g/mol. The summed E-state index contributed by atoms with van der Waals surface area (Å²) in [4.78, 5) is 16.4. The van der Waals surface area contributed by atoms with E-state index in [0.29, 0.717) is 0 Å². The van der Waals surface area contributed by atoms with Crippen molar-refractivity contribution in [1.82, 2.24) is 4.98 Å². The number of aromatic nitrogens is 1. The molecular formula is C17H18N3O2S+. The van der Waals surface area contributed by atoms with Crippen LogP contribution in [0.25, 0.3) is 10.2 Å². The lowest BCUT2D eigenvalue weighted by Crippen LogP contribution is -3.07. The first kappa shape index (κ1) is 15.6. The molecule has 118 valence electrons. The van der Waals surface area contributed by atoms with Crippen LogP contribution < -0.4 is 4.90 Å². The molecule has 0 aliphatic carbocycles. The maximum absolute atomic E-state index is 10.7. The lowest BCUT2D eigenvalue weighted by molar-refractivity contribution is -0.923. The molecule has 0 amide bonds. The molecule has 1 heterocycles. The molecule has 0 saturated heterocycles. The molecule has 0 bridgehead atoms. The molecule has 0 radical (unpaired) electrons. The van der Waals surface area contributed by atoms with E-state index in [1.54, 1.807) is 23.5 Å². The number of quaternary nitrogens is 1. The van der Waals surface area contributed by atoms with Crippen LogP contribution in [0.2, 0.25) is 0 Å². The molecular weight excluding hydrogens is 310 g/mol. The fourth-order valence-electron chi connectivity index (χ4n) is 2.50. The molecule has 0 aliphatic heterocycles. The van der Waals surface area contributed by atoms with Crippen molar-refractivity contribution in [2.75, 3.05) is 7.05 Å². The second kappa shape index (κ2) is 6.44. The van der Waals surface area contributed by atoms with Crippen molar-refractivity contribution in [3.05, 3.63) is 69.2 Å². The Labute approximate surface area is 138 Å². The van der Waals surface area contributed by atoms with Crippen LogP contribution >= 0.6 is 11.3 Å². The van der Waals surface area contributed by atoms with Crippen LogP contribution in [0.1, 0.15) is 23.5 Å². The SMILES string of the molecule is C[C@@H](c1nc2ccccc2s1)[NH+](C)Cc1ccc([N+](=O)[O-])cc1. The van der Waals surface area contributed by atoms with Gasteiger partial charge in [-0.15, -0.1) is 11.3 Å². The van der Waals surface area contributed by atoms with Gasteiger partial charge in [-0.1, -0.05) is 12.1 Å². The highest BCUT2D eigenvalue weighted by molar-refractivity contribution is 7.18. The van der Waals surface area contributed by atoms with Crippen LogP contribution in [-0.2, 0) is 6.54 Å². The van der Waals surface area contributed by atoms with Crippen LogP contribution in [0.15, 0.2) is 48.5 Å². The van der Waals surface area contributed by atoms with Crippen molar-refractivity contribution in [3.8, 4) is 0 Å². The minimum Gasteiger partial charge on any atom is -0.326 e. The molecule has 0 aliphatic rings. The summed E-state index contributed by atoms with van der Waals surface area (Å²) in [6.45, 7) is 2.97. The van der Waals surface area contributed by atoms with E-state index in [2.05, 4.69) is 20.0 Å². The number of para-hydroxylation sites is 1. The minimum absolute atomic E-state index is 0.130. The number of hydrogen-bond acceptors (Lipinski definition) is 4. The Morgan fingerprint density at radius 2 is 1.91 bits per heavy atom. The predicted octanol–water partition coefficient (Wildman–Crippen LogP) is 2.98. The number of nitrogens with one attached hydrogen (secondary N) is 1. The summed E-state index contributed by atoms with van der Waals surface area (Å²) in [5, 5.41) is 11.8. The monoisotopic (exact) mass is 328 g/mol. The Morgan fingerprint density at radius 1 is 1.22 bits per heavy atom. The van der Waals surface area contributed by atoms with Gasteiger partial charge in [-0.05, 0) is 31.2 Å². The van der Waals surface area contributed by atoms with E-state index >= 15 is 0 Å². The number of nitrogens with zero attached hydrogens (tertiary/aromatic N) is 2. The number of nitro benzene ring substituents is 1. The highest BCUT2D eigenvalue weighted by atomic mass is 32.1. The summed E-state index contributed by atoms with van der Waals surface area (Å²) in [5.74, 6) is 0. The summed E-state index contributed by atoms with van der Waals surface area (Å²) in [5.41, 5.74) is 2.26. The van der Waals surface area contributed by atoms with Crippen molar-refractivity contribution in [2.24, 2.45) is 0 Å². The van der Waals surface area contributed by atoms with Crippen LogP contribution in [0.5, 0.6) is 0 Å². The largest absolute Gasteiger partial charge is 0.326 e. The zero-order valence-electron chi connectivity index (χ0n) is 13.0. The van der Waals surface area contributed by atoms with Crippen molar-refractivity contribution in [2.45, 2.75) is 19.5 Å². The van der Waals surface area contributed by atoms with Crippen molar-refractivity contribution < 1.29 is 9.82 Å². The summed E-state index contributed by atoms with van der Waals surface area (Å²) in [6, 6.07) is 15.2.